The molecule has 0 aliphatic rings. The Hall–Kier alpha value is -2.20. The molecule has 0 saturated carbocycles. The van der Waals surface area contributed by atoms with Gasteiger partial charge in [0.25, 0.3) is 5.91 Å². The van der Waals surface area contributed by atoms with E-state index < -0.39 is 6.10 Å². The summed E-state index contributed by atoms with van der Waals surface area (Å²) in [6.45, 7) is 4.90. The maximum atomic E-state index is 12.1. The Morgan fingerprint density at radius 2 is 1.80 bits per heavy atom. The first-order valence-electron chi connectivity index (χ1n) is 8.51. The first-order valence-corrected chi connectivity index (χ1v) is 8.89. The Labute approximate surface area is 154 Å². The number of rotatable bonds is 9. The highest BCUT2D eigenvalue weighted by molar-refractivity contribution is 6.32. The van der Waals surface area contributed by atoms with E-state index in [9.17, 15) is 4.79 Å². The molecule has 2 aromatic carbocycles. The van der Waals surface area contributed by atoms with Crippen LogP contribution in [0.2, 0.25) is 5.02 Å². The number of carbonyl (C=O) groups is 1. The lowest BCUT2D eigenvalue weighted by Gasteiger charge is -2.15. The normalized spacial score (nSPS) is 11.6. The maximum absolute atomic E-state index is 12.1. The molecule has 0 bridgehead atoms. The summed E-state index contributed by atoms with van der Waals surface area (Å²) < 4.78 is 11.2. The quantitative estimate of drug-likeness (QED) is 0.679. The van der Waals surface area contributed by atoms with Crippen LogP contribution in [0, 0.1) is 0 Å². The van der Waals surface area contributed by atoms with Crippen molar-refractivity contribution in [1.29, 1.82) is 0 Å². The smallest absolute Gasteiger partial charge is 0.260 e. The molecule has 5 heteroatoms. The average Bonchev–Trinajstić information content (AvgIpc) is 2.62. The van der Waals surface area contributed by atoms with Gasteiger partial charge in [-0.3, -0.25) is 4.79 Å². The lowest BCUT2D eigenvalue weighted by Crippen LogP contribution is -2.37. The van der Waals surface area contributed by atoms with Gasteiger partial charge in [0.05, 0.1) is 11.6 Å². The van der Waals surface area contributed by atoms with Gasteiger partial charge in [0.15, 0.2) is 6.10 Å². The molecule has 2 aromatic rings. The Morgan fingerprint density at radius 1 is 1.12 bits per heavy atom. The van der Waals surface area contributed by atoms with Crippen molar-refractivity contribution in [2.45, 2.75) is 32.8 Å². The zero-order valence-electron chi connectivity index (χ0n) is 14.6. The summed E-state index contributed by atoms with van der Waals surface area (Å²) in [6.07, 6.45) is 1.07. The molecule has 134 valence electrons. The Balaban J connectivity index is 1.76. The van der Waals surface area contributed by atoms with Gasteiger partial charge in [-0.25, -0.2) is 0 Å². The van der Waals surface area contributed by atoms with Crippen molar-refractivity contribution < 1.29 is 14.3 Å². The van der Waals surface area contributed by atoms with Crippen molar-refractivity contribution in [2.24, 2.45) is 0 Å². The second kappa shape index (κ2) is 9.94. The minimum Gasteiger partial charge on any atom is -0.494 e. The number of amides is 1. The van der Waals surface area contributed by atoms with Crippen LogP contribution in [0.25, 0.3) is 0 Å². The lowest BCUT2D eigenvalue weighted by atomic mass is 10.1. The van der Waals surface area contributed by atoms with Crippen molar-refractivity contribution in [3.63, 3.8) is 0 Å². The standard InChI is InChI=1S/C20H24ClNO3/c1-3-24-18-12-6-4-9-16(18)10-8-14-22-20(23)15(2)25-19-13-7-5-11-17(19)21/h4-7,9,11-13,15H,3,8,10,14H2,1-2H3,(H,22,23). The molecule has 0 aliphatic heterocycles. The molecular formula is C20H24ClNO3. The van der Waals surface area contributed by atoms with Crippen molar-refractivity contribution in [2.75, 3.05) is 13.2 Å². The molecule has 0 spiro atoms. The predicted octanol–water partition coefficient (Wildman–Crippen LogP) is 4.26. The van der Waals surface area contributed by atoms with Crippen molar-refractivity contribution in [3.8, 4) is 11.5 Å². The van der Waals surface area contributed by atoms with Gasteiger partial charge in [-0.15, -0.1) is 0 Å². The van der Waals surface area contributed by atoms with Crippen LogP contribution in [0.4, 0.5) is 0 Å². The fourth-order valence-corrected chi connectivity index (χ4v) is 2.61. The molecule has 0 heterocycles. The first-order chi connectivity index (χ1) is 12.1. The van der Waals surface area contributed by atoms with E-state index in [0.717, 1.165) is 24.2 Å². The third-order valence-corrected chi connectivity index (χ3v) is 4.02. The average molecular weight is 362 g/mol. The Bertz CT molecular complexity index is 690. The number of benzene rings is 2. The molecule has 4 nitrogen and oxygen atoms in total. The topological polar surface area (TPSA) is 47.6 Å². The third kappa shape index (κ3) is 5.98. The molecule has 1 atom stereocenters. The highest BCUT2D eigenvalue weighted by Crippen LogP contribution is 2.24. The fourth-order valence-electron chi connectivity index (χ4n) is 2.43. The van der Waals surface area contributed by atoms with Gasteiger partial charge in [0, 0.05) is 6.54 Å². The second-order valence-corrected chi connectivity index (χ2v) is 6.03. The van der Waals surface area contributed by atoms with E-state index in [4.69, 9.17) is 21.1 Å². The molecular weight excluding hydrogens is 338 g/mol. The van der Waals surface area contributed by atoms with Gasteiger partial charge in [0.1, 0.15) is 11.5 Å². The molecule has 0 saturated heterocycles. The van der Waals surface area contributed by atoms with Crippen molar-refractivity contribution >= 4 is 17.5 Å². The van der Waals surface area contributed by atoms with E-state index in [2.05, 4.69) is 11.4 Å². The number of halogens is 1. The largest absolute Gasteiger partial charge is 0.494 e. The lowest BCUT2D eigenvalue weighted by molar-refractivity contribution is -0.127. The number of ether oxygens (including phenoxy) is 2. The number of aryl methyl sites for hydroxylation is 1. The summed E-state index contributed by atoms with van der Waals surface area (Å²) in [5, 5.41) is 3.39. The molecule has 1 amide bonds. The molecule has 25 heavy (non-hydrogen) atoms. The van der Waals surface area contributed by atoms with Crippen LogP contribution < -0.4 is 14.8 Å². The predicted molar refractivity (Wildman–Crippen MR) is 100 cm³/mol. The number of carbonyl (C=O) groups excluding carboxylic acids is 1. The van der Waals surface area contributed by atoms with Gasteiger partial charge in [-0.2, -0.15) is 0 Å². The molecule has 0 fully saturated rings. The molecule has 2 rings (SSSR count). The van der Waals surface area contributed by atoms with Gasteiger partial charge in [0.2, 0.25) is 0 Å². The van der Waals surface area contributed by atoms with Gasteiger partial charge < -0.3 is 14.8 Å². The Morgan fingerprint density at radius 3 is 2.52 bits per heavy atom. The third-order valence-electron chi connectivity index (χ3n) is 3.70. The van der Waals surface area contributed by atoms with Crippen LogP contribution >= 0.6 is 11.6 Å². The van der Waals surface area contributed by atoms with Crippen LogP contribution in [-0.4, -0.2) is 25.2 Å². The number of hydrogen-bond acceptors (Lipinski definition) is 3. The van der Waals surface area contributed by atoms with Gasteiger partial charge in [-0.1, -0.05) is 41.9 Å². The first kappa shape index (κ1) is 19.1. The van der Waals surface area contributed by atoms with E-state index in [-0.39, 0.29) is 5.91 Å². The summed E-state index contributed by atoms with van der Waals surface area (Å²) in [5.41, 5.74) is 1.15. The summed E-state index contributed by atoms with van der Waals surface area (Å²) >= 11 is 6.04. The van der Waals surface area contributed by atoms with E-state index in [1.165, 1.54) is 0 Å². The van der Waals surface area contributed by atoms with E-state index >= 15 is 0 Å². The van der Waals surface area contributed by atoms with Crippen LogP contribution in [-0.2, 0) is 11.2 Å². The highest BCUT2D eigenvalue weighted by atomic mass is 35.5. The SMILES string of the molecule is CCOc1ccccc1CCCNC(=O)C(C)Oc1ccccc1Cl. The van der Waals surface area contributed by atoms with E-state index in [1.807, 2.05) is 37.3 Å². The van der Waals surface area contributed by atoms with Crippen LogP contribution in [0.5, 0.6) is 11.5 Å². The summed E-state index contributed by atoms with van der Waals surface area (Å²) in [5.74, 6) is 1.27. The van der Waals surface area contributed by atoms with Crippen LogP contribution in [0.15, 0.2) is 48.5 Å². The van der Waals surface area contributed by atoms with Gasteiger partial charge in [-0.05, 0) is 50.5 Å². The summed E-state index contributed by atoms with van der Waals surface area (Å²) in [4.78, 5) is 12.1. The monoisotopic (exact) mass is 361 g/mol. The van der Waals surface area contributed by atoms with E-state index in [1.54, 1.807) is 19.1 Å². The number of hydrogen-bond donors (Lipinski definition) is 1. The van der Waals surface area contributed by atoms with Crippen LogP contribution in [0.3, 0.4) is 0 Å². The molecule has 0 aromatic heterocycles. The van der Waals surface area contributed by atoms with Crippen LogP contribution in [0.1, 0.15) is 25.8 Å². The zero-order chi connectivity index (χ0) is 18.1. The number of para-hydroxylation sites is 2. The summed E-state index contributed by atoms with van der Waals surface area (Å²) in [6, 6.07) is 15.1. The molecule has 0 aliphatic carbocycles. The van der Waals surface area contributed by atoms with Gasteiger partial charge >= 0.3 is 0 Å². The van der Waals surface area contributed by atoms with E-state index in [0.29, 0.717) is 23.9 Å². The Kier molecular flexibility index (Phi) is 7.61. The maximum Gasteiger partial charge on any atom is 0.260 e. The van der Waals surface area contributed by atoms with Crippen molar-refractivity contribution in [3.05, 3.63) is 59.1 Å². The molecule has 1 N–H and O–H groups in total. The number of nitrogens with one attached hydrogen (secondary N) is 1. The molecule has 0 radical (unpaired) electrons. The van der Waals surface area contributed by atoms with Crippen molar-refractivity contribution in [1.82, 2.24) is 5.32 Å². The summed E-state index contributed by atoms with van der Waals surface area (Å²) in [7, 11) is 0. The zero-order valence-corrected chi connectivity index (χ0v) is 15.4. The fraction of sp³-hybridized carbons (Fsp3) is 0.350. The minimum atomic E-state index is -0.601. The highest BCUT2D eigenvalue weighted by Gasteiger charge is 2.15. The minimum absolute atomic E-state index is 0.155. The molecule has 1 unspecified atom stereocenters. The second-order valence-electron chi connectivity index (χ2n) is 5.63.